The molecule has 3 amide bonds. The second-order valence-corrected chi connectivity index (χ2v) is 5.94. The van der Waals surface area contributed by atoms with Gasteiger partial charge in [0, 0.05) is 0 Å². The number of imide groups is 1. The Balaban J connectivity index is 1.84. The monoisotopic (exact) mass is 353 g/mol. The zero-order chi connectivity index (χ0) is 18.7. The molecule has 0 saturated carbocycles. The summed E-state index contributed by atoms with van der Waals surface area (Å²) in [5.41, 5.74) is 0.0979. The lowest BCUT2D eigenvalue weighted by Crippen LogP contribution is -2.40. The Labute approximate surface area is 150 Å². The molecule has 1 saturated heterocycles. The molecule has 0 aromatic heterocycles. The number of nitrogens with zero attached hydrogens (tertiary/aromatic N) is 2. The van der Waals surface area contributed by atoms with Crippen LogP contribution in [0.3, 0.4) is 0 Å². The van der Waals surface area contributed by atoms with Crippen LogP contribution in [0.15, 0.2) is 53.6 Å². The van der Waals surface area contributed by atoms with Crippen LogP contribution in [-0.4, -0.2) is 34.9 Å². The van der Waals surface area contributed by atoms with Gasteiger partial charge in [0.25, 0.3) is 5.91 Å². The Hall–Kier alpha value is -3.35. The van der Waals surface area contributed by atoms with Crippen molar-refractivity contribution in [2.75, 3.05) is 6.61 Å². The lowest BCUT2D eigenvalue weighted by molar-refractivity contribution is -0.131. The van der Waals surface area contributed by atoms with Crippen molar-refractivity contribution in [1.29, 1.82) is 0 Å². The van der Waals surface area contributed by atoms with Crippen molar-refractivity contribution in [2.24, 2.45) is 5.10 Å². The number of hydrogen-bond donors (Lipinski definition) is 2. The van der Waals surface area contributed by atoms with Crippen LogP contribution in [0.1, 0.15) is 25.0 Å². The molecule has 7 nitrogen and oxygen atoms in total. The van der Waals surface area contributed by atoms with Crippen molar-refractivity contribution in [2.45, 2.75) is 19.4 Å². The Morgan fingerprint density at radius 2 is 1.96 bits per heavy atom. The van der Waals surface area contributed by atoms with Gasteiger partial charge >= 0.3 is 6.03 Å². The fourth-order valence-electron chi connectivity index (χ4n) is 2.70. The van der Waals surface area contributed by atoms with Gasteiger partial charge in [0.2, 0.25) is 0 Å². The molecule has 134 valence electrons. The van der Waals surface area contributed by atoms with Crippen LogP contribution in [0.2, 0.25) is 0 Å². The third-order valence-corrected chi connectivity index (χ3v) is 4.13. The van der Waals surface area contributed by atoms with Gasteiger partial charge in [-0.05, 0) is 43.2 Å². The van der Waals surface area contributed by atoms with Gasteiger partial charge in [-0.1, -0.05) is 30.3 Å². The van der Waals surface area contributed by atoms with E-state index in [1.54, 1.807) is 50.2 Å². The first kappa shape index (κ1) is 17.5. The summed E-state index contributed by atoms with van der Waals surface area (Å²) in [5.74, 6) is -0.146. The Morgan fingerprint density at radius 3 is 2.65 bits per heavy atom. The van der Waals surface area contributed by atoms with Crippen LogP contribution in [0.4, 0.5) is 4.79 Å². The number of amides is 3. The lowest BCUT2D eigenvalue weighted by atomic mass is 9.92. The summed E-state index contributed by atoms with van der Waals surface area (Å²) >= 11 is 0. The smallest absolute Gasteiger partial charge is 0.346 e. The topological polar surface area (TPSA) is 91.2 Å². The minimum atomic E-state index is -1.17. The first-order valence-corrected chi connectivity index (χ1v) is 8.17. The maximum Gasteiger partial charge on any atom is 0.346 e. The molecule has 0 aliphatic carbocycles. The van der Waals surface area contributed by atoms with E-state index in [1.165, 1.54) is 12.3 Å². The number of hydrogen-bond acceptors (Lipinski definition) is 5. The minimum Gasteiger partial charge on any atom is -0.504 e. The van der Waals surface area contributed by atoms with Crippen LogP contribution in [0.5, 0.6) is 11.5 Å². The summed E-state index contributed by atoms with van der Waals surface area (Å²) in [6.45, 7) is 3.85. The van der Waals surface area contributed by atoms with Gasteiger partial charge in [0.05, 0.1) is 12.8 Å². The third-order valence-electron chi connectivity index (χ3n) is 4.13. The standard InChI is InChI=1S/C19H19N3O4/c1-3-26-16-11-13(9-10-15(16)23)12-20-22-17(24)19(2,21-18(22)25)14-7-5-4-6-8-14/h4-12,23H,3H2,1-2H3,(H,21,25)/b20-12+/t19-/m1/s1. The Morgan fingerprint density at radius 1 is 1.23 bits per heavy atom. The van der Waals surface area contributed by atoms with Gasteiger partial charge in [0.1, 0.15) is 5.54 Å². The Bertz CT molecular complexity index is 866. The largest absolute Gasteiger partial charge is 0.504 e. The summed E-state index contributed by atoms with van der Waals surface area (Å²) in [6.07, 6.45) is 1.37. The molecular formula is C19H19N3O4. The second kappa shape index (κ2) is 6.87. The summed E-state index contributed by atoms with van der Waals surface area (Å²) in [6, 6.07) is 13.1. The van der Waals surface area contributed by atoms with Gasteiger partial charge in [0.15, 0.2) is 11.5 Å². The number of rotatable bonds is 5. The summed E-state index contributed by atoms with van der Waals surface area (Å²) in [5, 5.41) is 17.2. The number of carbonyl (C=O) groups excluding carboxylic acids is 2. The molecule has 0 spiro atoms. The first-order chi connectivity index (χ1) is 12.5. The maximum atomic E-state index is 12.7. The number of nitrogens with one attached hydrogen (secondary N) is 1. The van der Waals surface area contributed by atoms with E-state index in [1.807, 2.05) is 6.07 Å². The highest BCUT2D eigenvalue weighted by atomic mass is 16.5. The number of hydrazone groups is 1. The van der Waals surface area contributed by atoms with Crippen LogP contribution < -0.4 is 10.1 Å². The van der Waals surface area contributed by atoms with E-state index in [0.717, 1.165) is 5.01 Å². The number of phenols is 1. The van der Waals surface area contributed by atoms with Crippen molar-refractivity contribution in [3.8, 4) is 11.5 Å². The minimum absolute atomic E-state index is 0.00986. The molecule has 26 heavy (non-hydrogen) atoms. The number of urea groups is 1. The molecule has 0 unspecified atom stereocenters. The molecule has 2 aromatic rings. The van der Waals surface area contributed by atoms with Gasteiger partial charge in [-0.3, -0.25) is 4.79 Å². The fraction of sp³-hybridized carbons (Fsp3) is 0.211. The highest BCUT2D eigenvalue weighted by molar-refractivity contribution is 6.07. The molecule has 1 atom stereocenters. The van der Waals surface area contributed by atoms with E-state index >= 15 is 0 Å². The molecule has 2 aromatic carbocycles. The van der Waals surface area contributed by atoms with Gasteiger partial charge in [-0.25, -0.2) is 4.79 Å². The van der Waals surface area contributed by atoms with Crippen molar-refractivity contribution in [3.63, 3.8) is 0 Å². The van der Waals surface area contributed by atoms with E-state index in [0.29, 0.717) is 23.5 Å². The molecule has 7 heteroatoms. The number of carbonyl (C=O) groups is 2. The average molecular weight is 353 g/mol. The quantitative estimate of drug-likeness (QED) is 0.638. The molecular weight excluding hydrogens is 334 g/mol. The van der Waals surface area contributed by atoms with Crippen LogP contribution >= 0.6 is 0 Å². The molecule has 0 radical (unpaired) electrons. The second-order valence-electron chi connectivity index (χ2n) is 5.94. The fourth-order valence-corrected chi connectivity index (χ4v) is 2.70. The normalized spacial score (nSPS) is 19.8. The number of benzene rings is 2. The average Bonchev–Trinajstić information content (AvgIpc) is 2.86. The van der Waals surface area contributed by atoms with E-state index in [9.17, 15) is 14.7 Å². The summed E-state index contributed by atoms with van der Waals surface area (Å²) in [4.78, 5) is 25.0. The number of phenolic OH excluding ortho intramolecular Hbond substituents is 1. The highest BCUT2D eigenvalue weighted by Gasteiger charge is 2.49. The van der Waals surface area contributed by atoms with Crippen molar-refractivity contribution >= 4 is 18.2 Å². The molecule has 0 bridgehead atoms. The third kappa shape index (κ3) is 3.11. The zero-order valence-corrected chi connectivity index (χ0v) is 14.5. The van der Waals surface area contributed by atoms with Crippen molar-refractivity contribution in [1.82, 2.24) is 10.3 Å². The van der Waals surface area contributed by atoms with Crippen LogP contribution in [0.25, 0.3) is 0 Å². The van der Waals surface area contributed by atoms with Crippen LogP contribution in [-0.2, 0) is 10.3 Å². The molecule has 1 fully saturated rings. The predicted octanol–water partition coefficient (Wildman–Crippen LogP) is 2.59. The van der Waals surface area contributed by atoms with E-state index in [2.05, 4.69) is 10.4 Å². The van der Waals surface area contributed by atoms with Crippen molar-refractivity contribution in [3.05, 3.63) is 59.7 Å². The summed E-state index contributed by atoms with van der Waals surface area (Å²) in [7, 11) is 0. The summed E-state index contributed by atoms with van der Waals surface area (Å²) < 4.78 is 5.31. The number of ether oxygens (including phenoxy) is 1. The molecule has 1 aliphatic heterocycles. The van der Waals surface area contributed by atoms with Gasteiger partial charge < -0.3 is 15.2 Å². The van der Waals surface area contributed by atoms with Crippen molar-refractivity contribution < 1.29 is 19.4 Å². The molecule has 1 heterocycles. The zero-order valence-electron chi connectivity index (χ0n) is 14.5. The maximum absolute atomic E-state index is 12.7. The lowest BCUT2D eigenvalue weighted by Gasteiger charge is -2.20. The molecule has 2 N–H and O–H groups in total. The SMILES string of the molecule is CCOc1cc(/C=N/N2C(=O)N[C@](C)(c3ccccc3)C2=O)ccc1O. The van der Waals surface area contributed by atoms with E-state index in [-0.39, 0.29) is 5.75 Å². The molecule has 1 aliphatic rings. The van der Waals surface area contributed by atoms with Crippen LogP contribution in [0, 0.1) is 0 Å². The first-order valence-electron chi connectivity index (χ1n) is 8.17. The Kier molecular flexibility index (Phi) is 4.62. The molecule has 3 rings (SSSR count). The highest BCUT2D eigenvalue weighted by Crippen LogP contribution is 2.29. The van der Waals surface area contributed by atoms with Gasteiger partial charge in [-0.15, -0.1) is 5.01 Å². The predicted molar refractivity (Wildman–Crippen MR) is 96.0 cm³/mol. The van der Waals surface area contributed by atoms with E-state index < -0.39 is 17.5 Å². The number of aromatic hydroxyl groups is 1. The van der Waals surface area contributed by atoms with E-state index in [4.69, 9.17) is 4.74 Å². The van der Waals surface area contributed by atoms with Gasteiger partial charge in [-0.2, -0.15) is 5.10 Å².